The summed E-state index contributed by atoms with van der Waals surface area (Å²) in [5.41, 5.74) is -0.000604. The molecule has 0 unspecified atom stereocenters. The molecule has 1 aromatic heterocycles. The maximum atomic E-state index is 12.0. The van der Waals surface area contributed by atoms with Gasteiger partial charge in [0.1, 0.15) is 5.01 Å². The van der Waals surface area contributed by atoms with Crippen molar-refractivity contribution in [3.63, 3.8) is 0 Å². The normalized spacial score (nSPS) is 10.6. The van der Waals surface area contributed by atoms with Crippen molar-refractivity contribution in [3.05, 3.63) is 16.1 Å². The molecule has 0 saturated carbocycles. The number of thiazole rings is 1. The minimum atomic E-state index is -1.07. The first-order valence-electron chi connectivity index (χ1n) is 6.16. The molecule has 2 N–H and O–H groups in total. The fourth-order valence-electron chi connectivity index (χ4n) is 1.53. The Kier molecular flexibility index (Phi) is 6.40. The molecule has 8 heteroatoms. The van der Waals surface area contributed by atoms with Gasteiger partial charge in [-0.05, 0) is 13.8 Å². The van der Waals surface area contributed by atoms with E-state index in [1.54, 1.807) is 12.0 Å². The van der Waals surface area contributed by atoms with Gasteiger partial charge in [-0.1, -0.05) is 0 Å². The Bertz CT molecular complexity index is 461. The van der Waals surface area contributed by atoms with Gasteiger partial charge >= 0.3 is 12.0 Å². The van der Waals surface area contributed by atoms with Gasteiger partial charge in [0.2, 0.25) is 0 Å². The molecule has 0 saturated heterocycles. The van der Waals surface area contributed by atoms with Crippen LogP contribution in [0.5, 0.6) is 0 Å². The fourth-order valence-corrected chi connectivity index (χ4v) is 2.23. The van der Waals surface area contributed by atoms with Gasteiger partial charge in [-0.3, -0.25) is 0 Å². The van der Waals surface area contributed by atoms with Gasteiger partial charge in [0.25, 0.3) is 0 Å². The zero-order chi connectivity index (χ0) is 15.1. The summed E-state index contributed by atoms with van der Waals surface area (Å²) in [6, 6.07) is -0.167. The number of methoxy groups -OCH3 is 1. The van der Waals surface area contributed by atoms with E-state index in [4.69, 9.17) is 9.84 Å². The van der Waals surface area contributed by atoms with Gasteiger partial charge in [0.05, 0.1) is 13.2 Å². The van der Waals surface area contributed by atoms with Crippen molar-refractivity contribution in [3.8, 4) is 0 Å². The first-order chi connectivity index (χ1) is 9.45. The summed E-state index contributed by atoms with van der Waals surface area (Å²) in [7, 11) is 1.58. The number of carbonyl (C=O) groups is 2. The van der Waals surface area contributed by atoms with Crippen LogP contribution in [0.2, 0.25) is 0 Å². The Morgan fingerprint density at radius 3 is 2.75 bits per heavy atom. The summed E-state index contributed by atoms with van der Waals surface area (Å²) in [6.45, 7) is 5.01. The van der Waals surface area contributed by atoms with Crippen LogP contribution in [-0.4, -0.2) is 53.3 Å². The highest BCUT2D eigenvalue weighted by molar-refractivity contribution is 7.09. The van der Waals surface area contributed by atoms with Crippen molar-refractivity contribution in [1.29, 1.82) is 0 Å². The topological polar surface area (TPSA) is 91.8 Å². The lowest BCUT2D eigenvalue weighted by atomic mass is 10.3. The highest BCUT2D eigenvalue weighted by Gasteiger charge is 2.17. The van der Waals surface area contributed by atoms with Crippen LogP contribution in [0.15, 0.2) is 5.38 Å². The van der Waals surface area contributed by atoms with Crippen LogP contribution in [-0.2, 0) is 11.3 Å². The van der Waals surface area contributed by atoms with Crippen LogP contribution < -0.4 is 5.32 Å². The van der Waals surface area contributed by atoms with E-state index < -0.39 is 5.97 Å². The molecule has 0 spiro atoms. The predicted octanol–water partition coefficient (Wildman–Crippen LogP) is 1.41. The van der Waals surface area contributed by atoms with E-state index in [0.717, 1.165) is 0 Å². The third-order valence-corrected chi connectivity index (χ3v) is 3.43. The highest BCUT2D eigenvalue weighted by atomic mass is 32.1. The molecule has 112 valence electrons. The third-order valence-electron chi connectivity index (χ3n) is 2.58. The van der Waals surface area contributed by atoms with E-state index in [-0.39, 0.29) is 24.3 Å². The Morgan fingerprint density at radius 2 is 2.25 bits per heavy atom. The molecule has 0 aliphatic heterocycles. The monoisotopic (exact) mass is 301 g/mol. The zero-order valence-corrected chi connectivity index (χ0v) is 12.6. The number of carboxylic acids is 1. The SMILES string of the molecule is COCCN(C(=O)NCc1nc(C(=O)O)cs1)C(C)C. The molecular weight excluding hydrogens is 282 g/mol. The van der Waals surface area contributed by atoms with Crippen molar-refractivity contribution >= 4 is 23.3 Å². The highest BCUT2D eigenvalue weighted by Crippen LogP contribution is 2.09. The van der Waals surface area contributed by atoms with Gasteiger partial charge in [0, 0.05) is 25.1 Å². The molecular formula is C12H19N3O4S. The number of rotatable bonds is 7. The molecule has 0 bridgehead atoms. The molecule has 0 fully saturated rings. The van der Waals surface area contributed by atoms with E-state index in [9.17, 15) is 9.59 Å². The van der Waals surface area contributed by atoms with E-state index >= 15 is 0 Å². The van der Waals surface area contributed by atoms with Crippen LogP contribution in [0.25, 0.3) is 0 Å². The fraction of sp³-hybridized carbons (Fsp3) is 0.583. The summed E-state index contributed by atoms with van der Waals surface area (Å²) in [4.78, 5) is 28.3. The Balaban J connectivity index is 2.53. The molecule has 0 aromatic carbocycles. The molecule has 0 aliphatic carbocycles. The molecule has 2 amide bonds. The van der Waals surface area contributed by atoms with Crippen LogP contribution in [0.1, 0.15) is 29.3 Å². The second-order valence-electron chi connectivity index (χ2n) is 4.37. The molecule has 1 rings (SSSR count). The average molecular weight is 301 g/mol. The van der Waals surface area contributed by atoms with Gasteiger partial charge in [-0.2, -0.15) is 0 Å². The molecule has 1 heterocycles. The largest absolute Gasteiger partial charge is 0.476 e. The number of carboxylic acid groups (broad SMARTS) is 1. The van der Waals surface area contributed by atoms with E-state index in [1.807, 2.05) is 13.8 Å². The van der Waals surface area contributed by atoms with Crippen LogP contribution in [0.3, 0.4) is 0 Å². The van der Waals surface area contributed by atoms with Crippen LogP contribution in [0.4, 0.5) is 4.79 Å². The van der Waals surface area contributed by atoms with Gasteiger partial charge < -0.3 is 20.1 Å². The van der Waals surface area contributed by atoms with E-state index in [1.165, 1.54) is 16.7 Å². The lowest BCUT2D eigenvalue weighted by molar-refractivity contribution is 0.0691. The molecule has 0 aliphatic rings. The summed E-state index contributed by atoms with van der Waals surface area (Å²) < 4.78 is 4.97. The number of nitrogens with zero attached hydrogens (tertiary/aromatic N) is 2. The quantitative estimate of drug-likeness (QED) is 0.794. The zero-order valence-electron chi connectivity index (χ0n) is 11.8. The Morgan fingerprint density at radius 1 is 1.55 bits per heavy atom. The van der Waals surface area contributed by atoms with E-state index in [0.29, 0.717) is 18.2 Å². The first kappa shape index (κ1) is 16.4. The maximum absolute atomic E-state index is 12.0. The lowest BCUT2D eigenvalue weighted by Gasteiger charge is -2.26. The minimum absolute atomic E-state index is 0.000604. The van der Waals surface area contributed by atoms with Gasteiger partial charge in [0.15, 0.2) is 5.69 Å². The van der Waals surface area contributed by atoms with Gasteiger partial charge in [-0.25, -0.2) is 14.6 Å². The van der Waals surface area contributed by atoms with Crippen molar-refractivity contribution in [1.82, 2.24) is 15.2 Å². The Hall–Kier alpha value is -1.67. The second kappa shape index (κ2) is 7.81. The van der Waals surface area contributed by atoms with Crippen LogP contribution >= 0.6 is 11.3 Å². The summed E-state index contributed by atoms with van der Waals surface area (Å²) in [5, 5.41) is 13.5. The molecule has 0 radical (unpaired) electrons. The number of hydrogen-bond donors (Lipinski definition) is 2. The lowest BCUT2D eigenvalue weighted by Crippen LogP contribution is -2.45. The van der Waals surface area contributed by atoms with Crippen molar-refractivity contribution in [2.45, 2.75) is 26.4 Å². The molecule has 0 atom stereocenters. The molecule has 7 nitrogen and oxygen atoms in total. The summed E-state index contributed by atoms with van der Waals surface area (Å²) in [6.07, 6.45) is 0. The van der Waals surface area contributed by atoms with Crippen molar-refractivity contribution in [2.75, 3.05) is 20.3 Å². The molecule has 1 aromatic rings. The number of amides is 2. The van der Waals surface area contributed by atoms with Crippen LogP contribution in [0, 0.1) is 0 Å². The number of nitrogens with one attached hydrogen (secondary N) is 1. The standard InChI is InChI=1S/C12H19N3O4S/c1-8(2)15(4-5-19-3)12(18)13-6-10-14-9(7-20-10)11(16)17/h7-8H,4-6H2,1-3H3,(H,13,18)(H,16,17). The second-order valence-corrected chi connectivity index (χ2v) is 5.31. The summed E-state index contributed by atoms with van der Waals surface area (Å²) in [5.74, 6) is -1.07. The number of aromatic carboxylic acids is 1. The van der Waals surface area contributed by atoms with Crippen molar-refractivity contribution < 1.29 is 19.4 Å². The number of hydrogen-bond acceptors (Lipinski definition) is 5. The van der Waals surface area contributed by atoms with E-state index in [2.05, 4.69) is 10.3 Å². The Labute approximate surface area is 121 Å². The van der Waals surface area contributed by atoms with Gasteiger partial charge in [-0.15, -0.1) is 11.3 Å². The van der Waals surface area contributed by atoms with Crippen molar-refractivity contribution in [2.24, 2.45) is 0 Å². The molecule has 20 heavy (non-hydrogen) atoms. The first-order valence-corrected chi connectivity index (χ1v) is 7.04. The average Bonchev–Trinajstić information content (AvgIpc) is 2.85. The smallest absolute Gasteiger partial charge is 0.355 e. The minimum Gasteiger partial charge on any atom is -0.476 e. The number of aromatic nitrogens is 1. The third kappa shape index (κ3) is 4.78. The number of ether oxygens (including phenoxy) is 1. The predicted molar refractivity (Wildman–Crippen MR) is 75.0 cm³/mol. The summed E-state index contributed by atoms with van der Waals surface area (Å²) >= 11 is 1.21. The maximum Gasteiger partial charge on any atom is 0.355 e. The number of urea groups is 1. The number of carbonyl (C=O) groups excluding carboxylic acids is 1.